The van der Waals surface area contributed by atoms with Crippen molar-refractivity contribution in [2.75, 3.05) is 19.8 Å². The number of nitrogens with zero attached hydrogens (tertiary/aromatic N) is 3. The summed E-state index contributed by atoms with van der Waals surface area (Å²) in [7, 11) is 0. The van der Waals surface area contributed by atoms with Gasteiger partial charge >= 0.3 is 23.9 Å². The van der Waals surface area contributed by atoms with Gasteiger partial charge in [-0.15, -0.1) is 18.2 Å². The van der Waals surface area contributed by atoms with E-state index in [0.717, 1.165) is 5.69 Å². The molecule has 0 fully saturated rings. The first-order chi connectivity index (χ1) is 26.1. The number of primary amides is 1. The van der Waals surface area contributed by atoms with E-state index in [9.17, 15) is 24.0 Å². The van der Waals surface area contributed by atoms with Crippen LogP contribution in [0, 0.1) is 5.41 Å². The predicted octanol–water partition coefficient (Wildman–Crippen LogP) is 6.48. The minimum atomic E-state index is -1.25. The van der Waals surface area contributed by atoms with Crippen LogP contribution in [0.5, 0.6) is 0 Å². The smallest absolute Gasteiger partial charge is 0.360 e. The number of carboxylic acids is 1. The van der Waals surface area contributed by atoms with E-state index in [1.807, 2.05) is 62.3 Å². The summed E-state index contributed by atoms with van der Waals surface area (Å²) in [5, 5.41) is 7.49. The van der Waals surface area contributed by atoms with Crippen LogP contribution >= 0.6 is 11.6 Å². The molecule has 0 saturated carbocycles. The van der Waals surface area contributed by atoms with Crippen molar-refractivity contribution in [1.29, 1.82) is 0 Å². The van der Waals surface area contributed by atoms with Crippen LogP contribution in [0.2, 0.25) is 0 Å². The third-order valence-electron chi connectivity index (χ3n) is 7.04. The Balaban J connectivity index is 0. The zero-order valence-electron chi connectivity index (χ0n) is 35.6. The molecule has 5 N–H and O–H groups in total. The molecule has 18 heteroatoms. The third kappa shape index (κ3) is 18.5. The molecule has 0 aliphatic rings. The van der Waals surface area contributed by atoms with Crippen LogP contribution < -0.4 is 5.73 Å². The average molecular weight is 825 g/mol. The zero-order chi connectivity index (χ0) is 44.9. The van der Waals surface area contributed by atoms with Crippen LogP contribution in [0.3, 0.4) is 0 Å². The molecule has 3 aromatic heterocycles. The van der Waals surface area contributed by atoms with Crippen molar-refractivity contribution in [3.05, 3.63) is 65.9 Å². The lowest BCUT2D eigenvalue weighted by Crippen LogP contribution is -2.36. The van der Waals surface area contributed by atoms with Gasteiger partial charge in [0.25, 0.3) is 0 Å². The van der Waals surface area contributed by atoms with Gasteiger partial charge in [0.05, 0.1) is 43.9 Å². The molecule has 57 heavy (non-hydrogen) atoms. The first kappa shape index (κ1) is 53.8. The fourth-order valence-corrected chi connectivity index (χ4v) is 4.47. The summed E-state index contributed by atoms with van der Waals surface area (Å²) < 4.78 is 19.6. The quantitative estimate of drug-likeness (QED) is 0.0426. The van der Waals surface area contributed by atoms with E-state index < -0.39 is 34.5 Å². The summed E-state index contributed by atoms with van der Waals surface area (Å²) in [6.45, 7) is 30.7. The lowest BCUT2D eigenvalue weighted by atomic mass is 9.86. The number of carboxylic acid groups (broad SMARTS) is 1. The number of rotatable bonds is 10. The number of halogens is 1. The van der Waals surface area contributed by atoms with Gasteiger partial charge in [-0.05, 0) is 34.6 Å². The number of aromatic amines is 2. The van der Waals surface area contributed by atoms with Crippen LogP contribution in [0.4, 0.5) is 0 Å². The van der Waals surface area contributed by atoms with Crippen molar-refractivity contribution >= 4 is 47.7 Å². The molecule has 1 unspecified atom stereocenters. The molecule has 0 aliphatic carbocycles. The van der Waals surface area contributed by atoms with E-state index in [1.165, 1.54) is 25.1 Å². The first-order valence-electron chi connectivity index (χ1n) is 17.9. The maximum absolute atomic E-state index is 11.6. The molecule has 1 amide bonds. The van der Waals surface area contributed by atoms with Gasteiger partial charge in [-0.3, -0.25) is 9.59 Å². The van der Waals surface area contributed by atoms with Crippen LogP contribution in [0.25, 0.3) is 0 Å². The summed E-state index contributed by atoms with van der Waals surface area (Å²) in [6, 6.07) is 0. The standard InChI is InChI=1S/C10H15ClO3.C10H16N2O2.C10H15NO3.C8H12N2O2.CH3NO/c1-5-10(3,4)8(12)7(11)9(13)14-6-2;1-5-14-9(13)7-8(10(2,3)4)12-6-11-7;1-5-13-9(12)7-8(10(2,3)4)14-6-11-7;1-8(2,3)6-5(7(11)12)9-4-10-6;2-1-3/h5,7H,1,6H2,2-4H3;6H,5H2,1-4H3,(H,11,12);6H,5H2,1-4H3;4H,1-3H3,(H,9,10)(H,11,12);1H,(H2,2,3). The van der Waals surface area contributed by atoms with Gasteiger partial charge in [-0.2, -0.15) is 0 Å². The molecule has 0 aliphatic heterocycles. The number of oxazole rings is 1. The zero-order valence-corrected chi connectivity index (χ0v) is 36.4. The van der Waals surface area contributed by atoms with Crippen molar-refractivity contribution in [3.8, 4) is 0 Å². The third-order valence-corrected chi connectivity index (χ3v) is 7.41. The Kier molecular flexibility index (Phi) is 23.0. The fourth-order valence-electron chi connectivity index (χ4n) is 4.12. The molecule has 0 bridgehead atoms. The minimum absolute atomic E-state index is 0.113. The molecular formula is C39H61ClN6O11. The number of imidazole rings is 2. The molecular weight excluding hydrogens is 764 g/mol. The Hall–Kier alpha value is -5.32. The maximum atomic E-state index is 11.6. The van der Waals surface area contributed by atoms with Gasteiger partial charge < -0.3 is 39.4 Å². The molecule has 3 aromatic rings. The van der Waals surface area contributed by atoms with Crippen LogP contribution in [-0.2, 0) is 44.8 Å². The summed E-state index contributed by atoms with van der Waals surface area (Å²) in [6.07, 6.45) is 5.91. The normalized spacial score (nSPS) is 11.5. The number of Topliss-reactive ketones (excluding diaryl/α,β-unsaturated/α-hetero) is 1. The van der Waals surface area contributed by atoms with Crippen LogP contribution in [-0.4, -0.2) is 91.3 Å². The minimum Gasteiger partial charge on any atom is -0.476 e. The number of esters is 3. The van der Waals surface area contributed by atoms with Crippen molar-refractivity contribution in [3.63, 3.8) is 0 Å². The van der Waals surface area contributed by atoms with E-state index in [0.29, 0.717) is 30.4 Å². The number of ketones is 1. The number of carbonyl (C=O) groups excluding carboxylic acids is 5. The Morgan fingerprint density at radius 2 is 1.18 bits per heavy atom. The average Bonchev–Trinajstić information content (AvgIpc) is 3.90. The second kappa shape index (κ2) is 24.3. The molecule has 0 aromatic carbocycles. The van der Waals surface area contributed by atoms with Gasteiger partial charge in [0, 0.05) is 21.7 Å². The summed E-state index contributed by atoms with van der Waals surface area (Å²) in [4.78, 5) is 82.2. The van der Waals surface area contributed by atoms with E-state index in [4.69, 9.17) is 35.4 Å². The van der Waals surface area contributed by atoms with E-state index >= 15 is 0 Å². The highest BCUT2D eigenvalue weighted by atomic mass is 35.5. The number of hydrogen-bond donors (Lipinski definition) is 4. The molecule has 1 atom stereocenters. The highest BCUT2D eigenvalue weighted by molar-refractivity contribution is 6.41. The predicted molar refractivity (Wildman–Crippen MR) is 214 cm³/mol. The van der Waals surface area contributed by atoms with E-state index in [1.54, 1.807) is 34.6 Å². The number of nitrogens with one attached hydrogen (secondary N) is 2. The number of ether oxygens (including phenoxy) is 3. The SMILES string of the molecule is C=CC(C)(C)C(=O)C(Cl)C(=O)OCC.CC(C)(C)c1[nH]cnc1C(=O)O.CCOC(=O)c1nc[nH]c1C(C)(C)C.CCOC(=O)c1ncoc1C(C)(C)C.NC=O. The van der Waals surface area contributed by atoms with Gasteiger partial charge in [0.2, 0.25) is 6.41 Å². The van der Waals surface area contributed by atoms with Crippen molar-refractivity contribution in [2.45, 2.75) is 119 Å². The lowest BCUT2D eigenvalue weighted by molar-refractivity contribution is -0.146. The van der Waals surface area contributed by atoms with Crippen LogP contribution in [0.15, 0.2) is 36.1 Å². The van der Waals surface area contributed by atoms with Gasteiger partial charge in [0.1, 0.15) is 5.76 Å². The molecule has 0 saturated heterocycles. The monoisotopic (exact) mass is 824 g/mol. The lowest BCUT2D eigenvalue weighted by Gasteiger charge is -2.20. The number of allylic oxidation sites excluding steroid dienone is 1. The van der Waals surface area contributed by atoms with E-state index in [-0.39, 0.29) is 46.6 Å². The number of amides is 1. The molecule has 17 nitrogen and oxygen atoms in total. The Labute approximate surface area is 339 Å². The topological polar surface area (TPSA) is 260 Å². The first-order valence-corrected chi connectivity index (χ1v) is 18.3. The highest BCUT2D eigenvalue weighted by Gasteiger charge is 2.35. The summed E-state index contributed by atoms with van der Waals surface area (Å²) >= 11 is 5.65. The molecule has 0 spiro atoms. The van der Waals surface area contributed by atoms with Gasteiger partial charge in [-0.1, -0.05) is 68.4 Å². The second-order valence-corrected chi connectivity index (χ2v) is 15.8. The molecule has 320 valence electrons. The molecule has 0 radical (unpaired) electrons. The summed E-state index contributed by atoms with van der Waals surface area (Å²) in [5.41, 5.74) is 5.05. The number of alkyl halides is 1. The maximum Gasteiger partial charge on any atom is 0.360 e. The summed E-state index contributed by atoms with van der Waals surface area (Å²) in [5.74, 6) is -2.30. The Morgan fingerprint density at radius 1 is 0.772 bits per heavy atom. The highest BCUT2D eigenvalue weighted by Crippen LogP contribution is 2.26. The number of aromatic carboxylic acids is 1. The van der Waals surface area contributed by atoms with Crippen LogP contribution in [0.1, 0.15) is 146 Å². The van der Waals surface area contributed by atoms with E-state index in [2.05, 4.69) is 42.0 Å². The number of H-pyrrole nitrogens is 2. The van der Waals surface area contributed by atoms with Crippen molar-refractivity contribution in [2.24, 2.45) is 11.1 Å². The number of carbonyl (C=O) groups is 6. The Bertz CT molecular complexity index is 1670. The Morgan fingerprint density at radius 3 is 1.53 bits per heavy atom. The number of nitrogens with two attached hydrogens (primary N) is 1. The number of aromatic nitrogens is 5. The van der Waals surface area contributed by atoms with Crippen molar-refractivity contribution in [1.82, 2.24) is 24.9 Å². The van der Waals surface area contributed by atoms with Gasteiger partial charge in [0.15, 0.2) is 34.6 Å². The fraction of sp³-hybridized carbons (Fsp3) is 0.564. The number of hydrogen-bond acceptors (Lipinski definition) is 13. The largest absolute Gasteiger partial charge is 0.476 e. The second-order valence-electron chi connectivity index (χ2n) is 15.3. The molecule has 3 heterocycles. The molecule has 3 rings (SSSR count). The van der Waals surface area contributed by atoms with Crippen molar-refractivity contribution < 1.29 is 52.5 Å². The van der Waals surface area contributed by atoms with Gasteiger partial charge in [-0.25, -0.2) is 34.1 Å².